The summed E-state index contributed by atoms with van der Waals surface area (Å²) < 4.78 is 1.90. The molecule has 1 N–H and O–H groups in total. The number of anilines is 1. The van der Waals surface area contributed by atoms with Crippen molar-refractivity contribution in [2.75, 3.05) is 5.32 Å². The lowest BCUT2D eigenvalue weighted by molar-refractivity contribution is -0.111. The van der Waals surface area contributed by atoms with Crippen molar-refractivity contribution in [3.8, 4) is 11.1 Å². The molecule has 0 fully saturated rings. The third kappa shape index (κ3) is 3.96. The van der Waals surface area contributed by atoms with Crippen LogP contribution in [0.3, 0.4) is 0 Å². The van der Waals surface area contributed by atoms with Crippen molar-refractivity contribution in [3.63, 3.8) is 0 Å². The molecule has 4 aromatic rings. The number of fused-ring (bicyclic) bond motifs is 1. The number of carbonyl (C=O) groups excluding carboxylic acids is 1. The monoisotopic (exact) mass is 353 g/mol. The average molecular weight is 353 g/mol. The van der Waals surface area contributed by atoms with E-state index in [-0.39, 0.29) is 5.91 Å². The molecule has 4 rings (SSSR count). The topological polar surface area (TPSA) is 46.4 Å². The van der Waals surface area contributed by atoms with Gasteiger partial charge < -0.3 is 9.72 Å². The number of hydrogen-bond acceptors (Lipinski definition) is 2. The number of aryl methyl sites for hydroxylation is 1. The standard InChI is InChI=1S/C23H19N3O/c1-17-15-26-16-21(12-13-22(26)24-17)25-23(27)14-9-18-7-10-20(11-8-18)19-5-3-2-4-6-19/h2-16H,1H3,(H,25,27)/b14-9+. The molecule has 0 saturated heterocycles. The highest BCUT2D eigenvalue weighted by Gasteiger charge is 2.02. The molecule has 0 aliphatic heterocycles. The summed E-state index contributed by atoms with van der Waals surface area (Å²) in [6.45, 7) is 1.94. The summed E-state index contributed by atoms with van der Waals surface area (Å²) >= 11 is 0. The maximum atomic E-state index is 12.2. The minimum atomic E-state index is -0.168. The van der Waals surface area contributed by atoms with E-state index in [9.17, 15) is 4.79 Å². The Labute approximate surface area is 157 Å². The molecular weight excluding hydrogens is 334 g/mol. The number of nitrogens with one attached hydrogen (secondary N) is 1. The zero-order chi connectivity index (χ0) is 18.6. The van der Waals surface area contributed by atoms with Crippen LogP contribution in [0.1, 0.15) is 11.3 Å². The number of aromatic nitrogens is 2. The van der Waals surface area contributed by atoms with Crippen LogP contribution >= 0.6 is 0 Å². The molecular formula is C23H19N3O. The van der Waals surface area contributed by atoms with Gasteiger partial charge in [-0.1, -0.05) is 54.6 Å². The first-order valence-corrected chi connectivity index (χ1v) is 8.77. The van der Waals surface area contributed by atoms with Gasteiger partial charge in [-0.25, -0.2) is 4.98 Å². The van der Waals surface area contributed by atoms with E-state index in [1.54, 1.807) is 6.08 Å². The molecule has 2 heterocycles. The maximum absolute atomic E-state index is 12.2. The maximum Gasteiger partial charge on any atom is 0.248 e. The number of carbonyl (C=O) groups is 1. The number of nitrogens with zero attached hydrogens (tertiary/aromatic N) is 2. The Morgan fingerprint density at radius 3 is 2.44 bits per heavy atom. The average Bonchev–Trinajstić information content (AvgIpc) is 3.07. The van der Waals surface area contributed by atoms with Crippen LogP contribution in [0, 0.1) is 6.92 Å². The fourth-order valence-corrected chi connectivity index (χ4v) is 2.97. The van der Waals surface area contributed by atoms with Crippen molar-refractivity contribution in [2.45, 2.75) is 6.92 Å². The van der Waals surface area contributed by atoms with Gasteiger partial charge in [-0.05, 0) is 41.8 Å². The summed E-state index contributed by atoms with van der Waals surface area (Å²) in [6.07, 6.45) is 7.13. The lowest BCUT2D eigenvalue weighted by atomic mass is 10.0. The molecule has 1 amide bonds. The normalized spacial score (nSPS) is 11.1. The van der Waals surface area contributed by atoms with E-state index in [0.29, 0.717) is 0 Å². The molecule has 0 bridgehead atoms. The van der Waals surface area contributed by atoms with Crippen molar-refractivity contribution < 1.29 is 4.79 Å². The highest BCUT2D eigenvalue weighted by Crippen LogP contribution is 2.19. The van der Waals surface area contributed by atoms with Gasteiger partial charge in [-0.3, -0.25) is 4.79 Å². The van der Waals surface area contributed by atoms with E-state index in [1.165, 1.54) is 5.56 Å². The minimum absolute atomic E-state index is 0.168. The van der Waals surface area contributed by atoms with E-state index >= 15 is 0 Å². The van der Waals surface area contributed by atoms with Gasteiger partial charge in [0, 0.05) is 18.5 Å². The van der Waals surface area contributed by atoms with Crippen molar-refractivity contribution in [3.05, 3.63) is 96.5 Å². The number of rotatable bonds is 4. The summed E-state index contributed by atoms with van der Waals surface area (Å²) in [5.41, 5.74) is 5.84. The summed E-state index contributed by atoms with van der Waals surface area (Å²) in [6, 6.07) is 22.1. The predicted molar refractivity (Wildman–Crippen MR) is 109 cm³/mol. The lowest BCUT2D eigenvalue weighted by Gasteiger charge is -2.03. The molecule has 0 spiro atoms. The Kier molecular flexibility index (Phi) is 4.54. The van der Waals surface area contributed by atoms with Gasteiger partial charge in [0.2, 0.25) is 5.91 Å². The van der Waals surface area contributed by atoms with Crippen LogP contribution in [0.15, 0.2) is 85.2 Å². The zero-order valence-electron chi connectivity index (χ0n) is 15.0. The number of imidazole rings is 1. The zero-order valence-corrected chi connectivity index (χ0v) is 15.0. The van der Waals surface area contributed by atoms with Gasteiger partial charge in [0.25, 0.3) is 0 Å². The SMILES string of the molecule is Cc1cn2cc(NC(=O)/C=C/c3ccc(-c4ccccc4)cc3)ccc2n1. The molecule has 0 radical (unpaired) electrons. The Hall–Kier alpha value is -3.66. The molecule has 2 aromatic carbocycles. The van der Waals surface area contributed by atoms with Crippen LogP contribution < -0.4 is 5.32 Å². The molecule has 0 atom stereocenters. The molecule has 132 valence electrons. The van der Waals surface area contributed by atoms with Crippen LogP contribution in [0.2, 0.25) is 0 Å². The van der Waals surface area contributed by atoms with E-state index in [2.05, 4.69) is 34.6 Å². The molecule has 0 aliphatic rings. The van der Waals surface area contributed by atoms with Gasteiger partial charge >= 0.3 is 0 Å². The van der Waals surface area contributed by atoms with Crippen molar-refractivity contribution in [2.24, 2.45) is 0 Å². The van der Waals surface area contributed by atoms with E-state index in [0.717, 1.165) is 28.2 Å². The van der Waals surface area contributed by atoms with Gasteiger partial charge in [0.05, 0.1) is 11.4 Å². The third-order valence-corrected chi connectivity index (χ3v) is 4.28. The fraction of sp³-hybridized carbons (Fsp3) is 0.0435. The van der Waals surface area contributed by atoms with E-state index in [1.807, 2.05) is 72.3 Å². The molecule has 4 nitrogen and oxygen atoms in total. The summed E-state index contributed by atoms with van der Waals surface area (Å²) in [4.78, 5) is 16.6. The van der Waals surface area contributed by atoms with Gasteiger partial charge in [-0.15, -0.1) is 0 Å². The Morgan fingerprint density at radius 1 is 0.926 bits per heavy atom. The van der Waals surface area contributed by atoms with Gasteiger partial charge in [0.1, 0.15) is 5.65 Å². The van der Waals surface area contributed by atoms with Crippen LogP contribution in [0.25, 0.3) is 22.9 Å². The van der Waals surface area contributed by atoms with E-state index < -0.39 is 0 Å². The number of hydrogen-bond donors (Lipinski definition) is 1. The first-order valence-electron chi connectivity index (χ1n) is 8.77. The van der Waals surface area contributed by atoms with Crippen molar-refractivity contribution >= 4 is 23.3 Å². The second kappa shape index (κ2) is 7.30. The van der Waals surface area contributed by atoms with Gasteiger partial charge in [0.15, 0.2) is 0 Å². The first kappa shape index (κ1) is 16.8. The van der Waals surface area contributed by atoms with Crippen molar-refractivity contribution in [1.82, 2.24) is 9.38 Å². The Bertz CT molecular complexity index is 1110. The smallest absolute Gasteiger partial charge is 0.248 e. The molecule has 0 aliphatic carbocycles. The summed E-state index contributed by atoms with van der Waals surface area (Å²) in [7, 11) is 0. The third-order valence-electron chi connectivity index (χ3n) is 4.28. The van der Waals surface area contributed by atoms with Crippen molar-refractivity contribution in [1.29, 1.82) is 0 Å². The summed E-state index contributed by atoms with van der Waals surface area (Å²) in [5, 5.41) is 2.88. The number of pyridine rings is 1. The second-order valence-corrected chi connectivity index (χ2v) is 6.38. The highest BCUT2D eigenvalue weighted by atomic mass is 16.1. The Morgan fingerprint density at radius 2 is 1.67 bits per heavy atom. The summed E-state index contributed by atoms with van der Waals surface area (Å²) in [5.74, 6) is -0.168. The van der Waals surface area contributed by atoms with Crippen LogP contribution in [0.5, 0.6) is 0 Å². The van der Waals surface area contributed by atoms with Gasteiger partial charge in [-0.2, -0.15) is 0 Å². The van der Waals surface area contributed by atoms with E-state index in [4.69, 9.17) is 0 Å². The fourth-order valence-electron chi connectivity index (χ4n) is 2.97. The molecule has 27 heavy (non-hydrogen) atoms. The lowest BCUT2D eigenvalue weighted by Crippen LogP contribution is -2.08. The largest absolute Gasteiger partial charge is 0.321 e. The van der Waals surface area contributed by atoms with Crippen LogP contribution in [-0.2, 0) is 4.79 Å². The molecule has 4 heteroatoms. The molecule has 0 unspecified atom stereocenters. The first-order chi connectivity index (χ1) is 13.2. The molecule has 0 saturated carbocycles. The minimum Gasteiger partial charge on any atom is -0.321 e. The molecule has 2 aromatic heterocycles. The highest BCUT2D eigenvalue weighted by molar-refractivity contribution is 6.01. The van der Waals surface area contributed by atoms with Crippen LogP contribution in [0.4, 0.5) is 5.69 Å². The quantitative estimate of drug-likeness (QED) is 0.527. The van der Waals surface area contributed by atoms with Crippen LogP contribution in [-0.4, -0.2) is 15.3 Å². The second-order valence-electron chi connectivity index (χ2n) is 6.38. The number of benzene rings is 2. The predicted octanol–water partition coefficient (Wildman–Crippen LogP) is 4.96. The Balaban J connectivity index is 1.43. The number of amides is 1.